The van der Waals surface area contributed by atoms with Crippen LogP contribution >= 0.6 is 22.9 Å². The zero-order valence-electron chi connectivity index (χ0n) is 15.0. The summed E-state index contributed by atoms with van der Waals surface area (Å²) in [5.41, 5.74) is 0.997. The lowest BCUT2D eigenvalue weighted by molar-refractivity contribution is -0.126. The third-order valence-electron chi connectivity index (χ3n) is 5.13. The van der Waals surface area contributed by atoms with Crippen LogP contribution in [0, 0.1) is 5.92 Å². The molecule has 0 spiro atoms. The molecular formula is C20H23ClN2O3S. The third-order valence-corrected chi connectivity index (χ3v) is 6.34. The number of fused-ring (bicyclic) bond motifs is 1. The molecule has 144 valence electrons. The first-order valence-electron chi connectivity index (χ1n) is 9.25. The molecule has 1 amide bonds. The maximum Gasteiger partial charge on any atom is 0.226 e. The number of nitrogens with zero attached hydrogens (tertiary/aromatic N) is 1. The molecule has 1 fully saturated rings. The average molecular weight is 407 g/mol. The van der Waals surface area contributed by atoms with Crippen molar-refractivity contribution in [2.45, 2.75) is 12.5 Å². The summed E-state index contributed by atoms with van der Waals surface area (Å²) in [5, 5.41) is 5.91. The first-order chi connectivity index (χ1) is 13.2. The molecule has 2 aliphatic rings. The Morgan fingerprint density at radius 3 is 2.96 bits per heavy atom. The van der Waals surface area contributed by atoms with E-state index in [2.05, 4.69) is 27.7 Å². The first-order valence-corrected chi connectivity index (χ1v) is 10.5. The van der Waals surface area contributed by atoms with E-state index < -0.39 is 0 Å². The minimum Gasteiger partial charge on any atom is -0.492 e. The van der Waals surface area contributed by atoms with Crippen molar-refractivity contribution in [3.8, 4) is 5.75 Å². The Bertz CT molecular complexity index is 778. The smallest absolute Gasteiger partial charge is 0.226 e. The predicted octanol–water partition coefficient (Wildman–Crippen LogP) is 3.14. The van der Waals surface area contributed by atoms with Gasteiger partial charge in [-0.15, -0.1) is 11.3 Å². The number of ether oxygens (including phenoxy) is 2. The highest BCUT2D eigenvalue weighted by Gasteiger charge is 2.28. The maximum atomic E-state index is 12.8. The number of carbonyl (C=O) groups is 1. The van der Waals surface area contributed by atoms with Gasteiger partial charge in [0.2, 0.25) is 5.91 Å². The van der Waals surface area contributed by atoms with Crippen LogP contribution in [0.3, 0.4) is 0 Å². The van der Waals surface area contributed by atoms with E-state index in [1.54, 1.807) is 11.3 Å². The van der Waals surface area contributed by atoms with Crippen molar-refractivity contribution in [2.75, 3.05) is 39.5 Å². The minimum atomic E-state index is -0.190. The Kier molecular flexibility index (Phi) is 5.98. The van der Waals surface area contributed by atoms with Gasteiger partial charge >= 0.3 is 0 Å². The van der Waals surface area contributed by atoms with E-state index in [9.17, 15) is 4.79 Å². The normalized spacial score (nSPS) is 21.1. The summed E-state index contributed by atoms with van der Waals surface area (Å²) in [4.78, 5) is 16.4. The number of amides is 1. The topological polar surface area (TPSA) is 50.8 Å². The fourth-order valence-electron chi connectivity index (χ4n) is 3.65. The Hall–Kier alpha value is -1.60. The van der Waals surface area contributed by atoms with Crippen LogP contribution in [0.5, 0.6) is 5.75 Å². The van der Waals surface area contributed by atoms with Gasteiger partial charge in [-0.1, -0.05) is 17.7 Å². The average Bonchev–Trinajstić information content (AvgIpc) is 3.22. The molecule has 0 bridgehead atoms. The molecule has 2 atom stereocenters. The van der Waals surface area contributed by atoms with Crippen molar-refractivity contribution < 1.29 is 14.3 Å². The fraction of sp³-hybridized carbons (Fsp3) is 0.450. The Morgan fingerprint density at radius 1 is 1.33 bits per heavy atom. The van der Waals surface area contributed by atoms with Crippen LogP contribution in [0.1, 0.15) is 16.5 Å². The lowest BCUT2D eigenvalue weighted by Crippen LogP contribution is -2.45. The first kappa shape index (κ1) is 18.7. The van der Waals surface area contributed by atoms with Gasteiger partial charge in [-0.2, -0.15) is 0 Å². The number of halogens is 1. The number of rotatable bonds is 5. The van der Waals surface area contributed by atoms with E-state index in [4.69, 9.17) is 21.1 Å². The molecule has 1 aromatic carbocycles. The molecule has 1 aromatic heterocycles. The lowest BCUT2D eigenvalue weighted by atomic mass is 9.96. The number of benzene rings is 1. The van der Waals surface area contributed by atoms with Gasteiger partial charge in [-0.05, 0) is 41.6 Å². The number of morpholine rings is 1. The summed E-state index contributed by atoms with van der Waals surface area (Å²) < 4.78 is 11.2. The monoisotopic (exact) mass is 406 g/mol. The van der Waals surface area contributed by atoms with Crippen molar-refractivity contribution >= 4 is 28.8 Å². The van der Waals surface area contributed by atoms with Gasteiger partial charge < -0.3 is 14.8 Å². The van der Waals surface area contributed by atoms with Crippen molar-refractivity contribution in [2.24, 2.45) is 5.92 Å². The van der Waals surface area contributed by atoms with Crippen molar-refractivity contribution in [1.82, 2.24) is 10.2 Å². The fourth-order valence-corrected chi connectivity index (χ4v) is 4.71. The number of nitrogens with one attached hydrogen (secondary N) is 1. The van der Waals surface area contributed by atoms with Crippen molar-refractivity contribution in [3.63, 3.8) is 0 Å². The Balaban J connectivity index is 1.39. The van der Waals surface area contributed by atoms with Gasteiger partial charge in [0.15, 0.2) is 0 Å². The molecule has 7 heteroatoms. The Labute approximate surface area is 168 Å². The quantitative estimate of drug-likeness (QED) is 0.828. The third kappa shape index (κ3) is 4.46. The van der Waals surface area contributed by atoms with Gasteiger partial charge in [0.25, 0.3) is 0 Å². The standard InChI is InChI=1S/C20H23ClN2O3S/c21-16-3-4-18-14(11-16)10-15(13-26-18)20(24)22-12-17(19-2-1-9-27-19)23-5-7-25-8-6-23/h1-4,9,11,15,17H,5-8,10,12-13H2,(H,22,24)/t15-,17+/m1/s1. The second kappa shape index (κ2) is 8.61. The predicted molar refractivity (Wildman–Crippen MR) is 107 cm³/mol. The zero-order valence-corrected chi connectivity index (χ0v) is 16.6. The molecule has 27 heavy (non-hydrogen) atoms. The minimum absolute atomic E-state index is 0.0374. The summed E-state index contributed by atoms with van der Waals surface area (Å²) in [6, 6.07) is 9.96. The molecule has 0 aliphatic carbocycles. The molecule has 2 aromatic rings. The van der Waals surface area contributed by atoms with Crippen molar-refractivity contribution in [1.29, 1.82) is 0 Å². The Morgan fingerprint density at radius 2 is 2.19 bits per heavy atom. The van der Waals surface area contributed by atoms with E-state index >= 15 is 0 Å². The van der Waals surface area contributed by atoms with Crippen LogP contribution < -0.4 is 10.1 Å². The van der Waals surface area contributed by atoms with E-state index in [1.807, 2.05) is 18.2 Å². The summed E-state index contributed by atoms with van der Waals surface area (Å²) in [7, 11) is 0. The van der Waals surface area contributed by atoms with Crippen LogP contribution in [0.25, 0.3) is 0 Å². The van der Waals surface area contributed by atoms with Gasteiger partial charge in [0.1, 0.15) is 12.4 Å². The molecule has 1 saturated heterocycles. The molecule has 3 heterocycles. The van der Waals surface area contributed by atoms with Gasteiger partial charge in [-0.3, -0.25) is 9.69 Å². The maximum absolute atomic E-state index is 12.8. The van der Waals surface area contributed by atoms with Gasteiger partial charge in [0.05, 0.1) is 25.2 Å². The van der Waals surface area contributed by atoms with E-state index in [-0.39, 0.29) is 17.9 Å². The van der Waals surface area contributed by atoms with Crippen LogP contribution in [0.15, 0.2) is 35.7 Å². The molecule has 1 N–H and O–H groups in total. The van der Waals surface area contributed by atoms with Crippen LogP contribution in [0.2, 0.25) is 5.02 Å². The summed E-state index contributed by atoms with van der Waals surface area (Å²) in [6.45, 7) is 4.25. The highest BCUT2D eigenvalue weighted by molar-refractivity contribution is 7.10. The molecule has 4 rings (SSSR count). The lowest BCUT2D eigenvalue weighted by Gasteiger charge is -2.34. The highest BCUT2D eigenvalue weighted by Crippen LogP contribution is 2.30. The van der Waals surface area contributed by atoms with Crippen molar-refractivity contribution in [3.05, 3.63) is 51.2 Å². The van der Waals surface area contributed by atoms with Gasteiger partial charge in [0, 0.05) is 29.5 Å². The molecule has 0 unspecified atom stereocenters. The SMILES string of the molecule is O=C(NC[C@@H](c1cccs1)N1CCOCC1)[C@H]1COc2ccc(Cl)cc2C1. The number of thiophene rings is 1. The summed E-state index contributed by atoms with van der Waals surface area (Å²) in [6.07, 6.45) is 0.656. The van der Waals surface area contributed by atoms with Gasteiger partial charge in [-0.25, -0.2) is 0 Å². The molecule has 0 saturated carbocycles. The number of hydrogen-bond donors (Lipinski definition) is 1. The zero-order chi connectivity index (χ0) is 18.6. The largest absolute Gasteiger partial charge is 0.492 e. The van der Waals surface area contributed by atoms with Crippen LogP contribution in [-0.2, 0) is 16.0 Å². The molecule has 2 aliphatic heterocycles. The molecule has 5 nitrogen and oxygen atoms in total. The number of hydrogen-bond acceptors (Lipinski definition) is 5. The van der Waals surface area contributed by atoms with E-state index in [1.165, 1.54) is 4.88 Å². The van der Waals surface area contributed by atoms with Crippen LogP contribution in [-0.4, -0.2) is 50.3 Å². The molecular weight excluding hydrogens is 384 g/mol. The second-order valence-electron chi connectivity index (χ2n) is 6.89. The highest BCUT2D eigenvalue weighted by atomic mass is 35.5. The molecule has 0 radical (unpaired) electrons. The van der Waals surface area contributed by atoms with Crippen LogP contribution in [0.4, 0.5) is 0 Å². The summed E-state index contributed by atoms with van der Waals surface area (Å²) >= 11 is 7.81. The van der Waals surface area contributed by atoms with E-state index in [0.29, 0.717) is 24.6 Å². The summed E-state index contributed by atoms with van der Waals surface area (Å²) in [5.74, 6) is 0.674. The van der Waals surface area contributed by atoms with E-state index in [0.717, 1.165) is 37.6 Å². The second-order valence-corrected chi connectivity index (χ2v) is 8.30. The number of carbonyl (C=O) groups excluding carboxylic acids is 1.